The van der Waals surface area contributed by atoms with Gasteiger partial charge >= 0.3 is 6.03 Å². The lowest BCUT2D eigenvalue weighted by Crippen LogP contribution is -2.50. The van der Waals surface area contributed by atoms with Gasteiger partial charge in [0.1, 0.15) is 0 Å². The quantitative estimate of drug-likeness (QED) is 0.434. The highest BCUT2D eigenvalue weighted by atomic mass is 16.2. The summed E-state index contributed by atoms with van der Waals surface area (Å²) in [6, 6.07) is 17.8. The first-order valence-electron chi connectivity index (χ1n) is 12.0. The maximum Gasteiger partial charge on any atom is 0.317 e. The molecule has 3 aromatic heterocycles. The average molecular weight is 484 g/mol. The molecule has 184 valence electrons. The number of amides is 2. The molecular weight excluding hydrogens is 454 g/mol. The minimum Gasteiger partial charge on any atom is -0.341 e. The van der Waals surface area contributed by atoms with Gasteiger partial charge in [-0.1, -0.05) is 18.2 Å². The van der Waals surface area contributed by atoms with Crippen LogP contribution in [0.4, 0.5) is 16.4 Å². The Balaban J connectivity index is 1.30. The monoisotopic (exact) mass is 483 g/mol. The van der Waals surface area contributed by atoms with Crippen molar-refractivity contribution in [3.8, 4) is 17.1 Å². The van der Waals surface area contributed by atoms with Gasteiger partial charge in [-0.15, -0.1) is 0 Å². The molecule has 2 N–H and O–H groups in total. The van der Waals surface area contributed by atoms with Gasteiger partial charge in [-0.2, -0.15) is 5.10 Å². The zero-order valence-corrected chi connectivity index (χ0v) is 20.4. The molecule has 36 heavy (non-hydrogen) atoms. The smallest absolute Gasteiger partial charge is 0.317 e. The second kappa shape index (κ2) is 10.5. The summed E-state index contributed by atoms with van der Waals surface area (Å²) in [4.78, 5) is 29.9. The van der Waals surface area contributed by atoms with Crippen LogP contribution >= 0.6 is 0 Å². The van der Waals surface area contributed by atoms with Gasteiger partial charge in [-0.3, -0.25) is 9.88 Å². The highest BCUT2D eigenvalue weighted by Gasteiger charge is 2.20. The molecule has 2 amide bonds. The van der Waals surface area contributed by atoms with Crippen LogP contribution in [0, 0.1) is 6.92 Å². The summed E-state index contributed by atoms with van der Waals surface area (Å²) in [5.41, 5.74) is 5.39. The van der Waals surface area contributed by atoms with Crippen LogP contribution in [0.25, 0.3) is 17.1 Å². The van der Waals surface area contributed by atoms with Gasteiger partial charge in [0.2, 0.25) is 5.95 Å². The summed E-state index contributed by atoms with van der Waals surface area (Å²) in [6.07, 6.45) is 3.51. The van der Waals surface area contributed by atoms with E-state index in [1.165, 1.54) is 0 Å². The topological polar surface area (TPSA) is 104 Å². The molecule has 4 heterocycles. The molecule has 0 saturated carbocycles. The first-order chi connectivity index (χ1) is 17.6. The van der Waals surface area contributed by atoms with Crippen LogP contribution in [0.3, 0.4) is 0 Å². The van der Waals surface area contributed by atoms with Crippen LogP contribution in [0.15, 0.2) is 67.0 Å². The molecule has 1 aliphatic heterocycles. The molecule has 1 saturated heterocycles. The first kappa shape index (κ1) is 23.4. The second-order valence-electron chi connectivity index (χ2n) is 8.66. The molecular formula is C26H29N9O. The number of anilines is 2. The molecule has 0 unspecified atom stereocenters. The van der Waals surface area contributed by atoms with Crippen LogP contribution in [-0.4, -0.2) is 73.8 Å². The number of urea groups is 1. The number of pyridine rings is 1. The molecule has 5 rings (SSSR count). The molecule has 1 aromatic carbocycles. The van der Waals surface area contributed by atoms with Crippen molar-refractivity contribution in [2.45, 2.75) is 13.5 Å². The van der Waals surface area contributed by atoms with Gasteiger partial charge in [-0.25, -0.2) is 19.4 Å². The van der Waals surface area contributed by atoms with E-state index in [1.807, 2.05) is 71.1 Å². The molecule has 1 aliphatic rings. The Labute approximate surface area is 210 Å². The highest BCUT2D eigenvalue weighted by Crippen LogP contribution is 2.23. The lowest BCUT2D eigenvalue weighted by Gasteiger charge is -2.34. The number of para-hydroxylation sites is 1. The fourth-order valence-electron chi connectivity index (χ4n) is 4.35. The molecule has 0 spiro atoms. The van der Waals surface area contributed by atoms with Gasteiger partial charge in [0, 0.05) is 57.3 Å². The molecule has 4 aromatic rings. The van der Waals surface area contributed by atoms with E-state index >= 15 is 0 Å². The minimum atomic E-state index is -0.0242. The lowest BCUT2D eigenvalue weighted by atomic mass is 10.2. The van der Waals surface area contributed by atoms with E-state index in [4.69, 9.17) is 9.97 Å². The number of piperazine rings is 1. The first-order valence-corrected chi connectivity index (χ1v) is 12.0. The normalized spacial score (nSPS) is 14.0. The Kier molecular flexibility index (Phi) is 6.85. The maximum atomic E-state index is 11.8. The summed E-state index contributed by atoms with van der Waals surface area (Å²) in [7, 11) is 1.66. The number of nitrogens with one attached hydrogen (secondary N) is 2. The molecule has 0 aliphatic carbocycles. The Morgan fingerprint density at radius 1 is 0.972 bits per heavy atom. The van der Waals surface area contributed by atoms with Crippen LogP contribution < -0.4 is 10.6 Å². The van der Waals surface area contributed by atoms with Crippen LogP contribution in [0.2, 0.25) is 0 Å². The Bertz CT molecular complexity index is 1330. The van der Waals surface area contributed by atoms with Gasteiger partial charge in [0.25, 0.3) is 0 Å². The van der Waals surface area contributed by atoms with Crippen molar-refractivity contribution < 1.29 is 4.79 Å². The SMILES string of the molecule is CNC(=O)N1CCN(Cc2cc(Nc3nccc(-c4ccnn4-c4ccccc4)n3)cc(C)n2)CC1. The zero-order valence-electron chi connectivity index (χ0n) is 20.4. The summed E-state index contributed by atoms with van der Waals surface area (Å²) in [5, 5.41) is 10.5. The third-order valence-electron chi connectivity index (χ3n) is 6.08. The molecule has 0 bridgehead atoms. The average Bonchev–Trinajstić information content (AvgIpc) is 3.39. The van der Waals surface area contributed by atoms with E-state index in [0.717, 1.165) is 53.8 Å². The highest BCUT2D eigenvalue weighted by molar-refractivity contribution is 5.73. The number of hydrogen-bond donors (Lipinski definition) is 2. The molecule has 0 radical (unpaired) electrons. The summed E-state index contributed by atoms with van der Waals surface area (Å²) in [5.74, 6) is 0.504. The number of aryl methyl sites for hydroxylation is 1. The maximum absolute atomic E-state index is 11.8. The number of aromatic nitrogens is 5. The van der Waals surface area contributed by atoms with E-state index in [1.54, 1.807) is 19.4 Å². The van der Waals surface area contributed by atoms with Gasteiger partial charge < -0.3 is 15.5 Å². The van der Waals surface area contributed by atoms with E-state index in [-0.39, 0.29) is 6.03 Å². The van der Waals surface area contributed by atoms with Gasteiger partial charge in [0.05, 0.1) is 29.0 Å². The summed E-state index contributed by atoms with van der Waals surface area (Å²) >= 11 is 0. The van der Waals surface area contributed by atoms with Crippen LogP contribution in [0.1, 0.15) is 11.4 Å². The number of hydrogen-bond acceptors (Lipinski definition) is 7. The molecule has 1 fully saturated rings. The fraction of sp³-hybridized carbons (Fsp3) is 0.269. The standard InChI is InChI=1S/C26H29N9O/c1-19-16-20(17-21(30-19)18-33-12-14-34(15-13-33)26(36)27-2)31-25-28-10-8-23(32-25)24-9-11-29-35(24)22-6-4-3-5-7-22/h3-11,16-17H,12-15,18H2,1-2H3,(H,27,36)(H,28,30,31,32). The number of benzene rings is 1. The van der Waals surface area contributed by atoms with E-state index in [2.05, 4.69) is 25.6 Å². The minimum absolute atomic E-state index is 0.0242. The summed E-state index contributed by atoms with van der Waals surface area (Å²) in [6.45, 7) is 5.73. The second-order valence-corrected chi connectivity index (χ2v) is 8.66. The van der Waals surface area contributed by atoms with E-state index in [0.29, 0.717) is 19.0 Å². The van der Waals surface area contributed by atoms with Crippen molar-refractivity contribution in [2.24, 2.45) is 0 Å². The third-order valence-corrected chi connectivity index (χ3v) is 6.08. The van der Waals surface area contributed by atoms with Gasteiger partial charge in [-0.05, 0) is 43.3 Å². The Morgan fingerprint density at radius 2 is 1.78 bits per heavy atom. The Morgan fingerprint density at radius 3 is 2.56 bits per heavy atom. The third kappa shape index (κ3) is 5.33. The van der Waals surface area contributed by atoms with E-state index < -0.39 is 0 Å². The number of carbonyl (C=O) groups is 1. The fourth-order valence-corrected chi connectivity index (χ4v) is 4.35. The van der Waals surface area contributed by atoms with E-state index in [9.17, 15) is 4.79 Å². The van der Waals surface area contributed by atoms with Crippen LogP contribution in [0.5, 0.6) is 0 Å². The predicted molar refractivity (Wildman–Crippen MR) is 138 cm³/mol. The van der Waals surface area contributed by atoms with Crippen molar-refractivity contribution >= 4 is 17.7 Å². The van der Waals surface area contributed by atoms with Crippen molar-refractivity contribution in [2.75, 3.05) is 38.5 Å². The summed E-state index contributed by atoms with van der Waals surface area (Å²) < 4.78 is 1.87. The van der Waals surface area contributed by atoms with Crippen molar-refractivity contribution in [3.63, 3.8) is 0 Å². The number of nitrogens with zero attached hydrogens (tertiary/aromatic N) is 7. The zero-order chi connectivity index (χ0) is 24.9. The number of carbonyl (C=O) groups excluding carboxylic acids is 1. The van der Waals surface area contributed by atoms with Crippen molar-refractivity contribution in [1.29, 1.82) is 0 Å². The molecule has 10 heteroatoms. The number of rotatable bonds is 6. The predicted octanol–water partition coefficient (Wildman–Crippen LogP) is 3.23. The lowest BCUT2D eigenvalue weighted by molar-refractivity contribution is 0.135. The van der Waals surface area contributed by atoms with Gasteiger partial charge in [0.15, 0.2) is 0 Å². The molecule has 0 atom stereocenters. The molecule has 10 nitrogen and oxygen atoms in total. The Hall–Kier alpha value is -4.31. The van der Waals surface area contributed by atoms with Crippen molar-refractivity contribution in [3.05, 3.63) is 78.4 Å². The van der Waals surface area contributed by atoms with Crippen LogP contribution in [-0.2, 0) is 6.54 Å². The van der Waals surface area contributed by atoms with Crippen molar-refractivity contribution in [1.82, 2.24) is 39.8 Å². The largest absolute Gasteiger partial charge is 0.341 e.